The molecule has 9 heteroatoms. The first-order chi connectivity index (χ1) is 8.66. The normalized spacial score (nSPS) is 13.3. The van der Waals surface area contributed by atoms with Gasteiger partial charge >= 0.3 is 5.97 Å². The summed E-state index contributed by atoms with van der Waals surface area (Å²) in [5.74, 6) is -1.43. The van der Waals surface area contributed by atoms with E-state index in [0.717, 1.165) is 12.1 Å². The lowest BCUT2D eigenvalue weighted by atomic mass is 10.2. The van der Waals surface area contributed by atoms with E-state index in [1.807, 2.05) is 0 Å². The summed E-state index contributed by atoms with van der Waals surface area (Å²) in [4.78, 5) is 10.6. The first-order valence-corrected chi connectivity index (χ1v) is 7.29. The van der Waals surface area contributed by atoms with Gasteiger partial charge in [-0.3, -0.25) is 0 Å². The van der Waals surface area contributed by atoms with Crippen molar-refractivity contribution in [1.82, 2.24) is 4.72 Å². The van der Waals surface area contributed by atoms with Gasteiger partial charge in [0.2, 0.25) is 10.0 Å². The Kier molecular flexibility index (Phi) is 5.17. The Balaban J connectivity index is 3.29. The highest BCUT2D eigenvalue weighted by Gasteiger charge is 2.24. The number of benzene rings is 1. The van der Waals surface area contributed by atoms with Gasteiger partial charge in [-0.25, -0.2) is 17.9 Å². The molecule has 0 unspecified atom stereocenters. The molecule has 0 amide bonds. The van der Waals surface area contributed by atoms with Gasteiger partial charge in [0.05, 0.1) is 21.7 Å². The van der Waals surface area contributed by atoms with Crippen LogP contribution < -0.4 is 4.72 Å². The van der Waals surface area contributed by atoms with Crippen molar-refractivity contribution in [3.63, 3.8) is 0 Å². The monoisotopic (exact) mass is 327 g/mol. The highest BCUT2D eigenvalue weighted by atomic mass is 35.5. The molecule has 1 aromatic carbocycles. The Hall–Kier alpha value is -0.860. The molecule has 0 aliphatic carbocycles. The van der Waals surface area contributed by atoms with Gasteiger partial charge in [-0.2, -0.15) is 0 Å². The highest BCUT2D eigenvalue weighted by Crippen LogP contribution is 2.30. The summed E-state index contributed by atoms with van der Waals surface area (Å²) >= 11 is 11.4. The van der Waals surface area contributed by atoms with Crippen LogP contribution >= 0.6 is 23.2 Å². The van der Waals surface area contributed by atoms with Crippen LogP contribution in [-0.4, -0.2) is 37.2 Å². The Bertz CT molecular complexity index is 600. The van der Waals surface area contributed by atoms with E-state index in [2.05, 4.69) is 4.72 Å². The predicted molar refractivity (Wildman–Crippen MR) is 70.3 cm³/mol. The topological polar surface area (TPSA) is 104 Å². The largest absolute Gasteiger partial charge is 0.478 e. The molecule has 0 aliphatic heterocycles. The first kappa shape index (κ1) is 16.2. The molecule has 1 rings (SSSR count). The highest BCUT2D eigenvalue weighted by molar-refractivity contribution is 7.89. The minimum atomic E-state index is -4.02. The molecule has 0 aliphatic rings. The summed E-state index contributed by atoms with van der Waals surface area (Å²) in [6.45, 7) is 1.18. The molecular weight excluding hydrogens is 317 g/mol. The van der Waals surface area contributed by atoms with Crippen molar-refractivity contribution in [2.45, 2.75) is 17.9 Å². The van der Waals surface area contributed by atoms with Crippen LogP contribution in [0, 0.1) is 0 Å². The van der Waals surface area contributed by atoms with E-state index in [4.69, 9.17) is 33.4 Å². The minimum absolute atomic E-state index is 0.160. The van der Waals surface area contributed by atoms with Crippen LogP contribution in [0.2, 0.25) is 10.0 Å². The molecule has 6 nitrogen and oxygen atoms in total. The second-order valence-corrected chi connectivity index (χ2v) is 6.26. The Morgan fingerprint density at radius 2 is 2.00 bits per heavy atom. The maximum Gasteiger partial charge on any atom is 0.338 e. The summed E-state index contributed by atoms with van der Waals surface area (Å²) in [7, 11) is -4.02. The van der Waals surface area contributed by atoms with Crippen molar-refractivity contribution in [1.29, 1.82) is 0 Å². The molecule has 0 bridgehead atoms. The molecule has 3 N–H and O–H groups in total. The second kappa shape index (κ2) is 6.06. The van der Waals surface area contributed by atoms with Gasteiger partial charge in [0.1, 0.15) is 4.90 Å². The maximum absolute atomic E-state index is 11.9. The average Bonchev–Trinajstić information content (AvgIpc) is 2.25. The van der Waals surface area contributed by atoms with E-state index < -0.39 is 37.6 Å². The van der Waals surface area contributed by atoms with Crippen molar-refractivity contribution in [2.24, 2.45) is 0 Å². The number of carboxylic acids is 1. The molecule has 0 saturated carbocycles. The van der Waals surface area contributed by atoms with Crippen molar-refractivity contribution in [3.05, 3.63) is 27.7 Å². The van der Waals surface area contributed by atoms with Crippen LogP contribution in [-0.2, 0) is 10.0 Å². The lowest BCUT2D eigenvalue weighted by Crippen LogP contribution is -2.31. The third-order valence-corrected chi connectivity index (χ3v) is 4.41. The number of nitrogens with one attached hydrogen (secondary N) is 1. The number of aromatic carboxylic acids is 1. The molecule has 0 heterocycles. The fourth-order valence-corrected chi connectivity index (χ4v) is 3.28. The second-order valence-electron chi connectivity index (χ2n) is 3.74. The Morgan fingerprint density at radius 3 is 2.47 bits per heavy atom. The molecule has 1 atom stereocenters. The molecule has 1 aromatic rings. The van der Waals surface area contributed by atoms with Crippen molar-refractivity contribution >= 4 is 39.2 Å². The van der Waals surface area contributed by atoms with Crippen LogP contribution in [0.1, 0.15) is 17.3 Å². The third kappa shape index (κ3) is 3.80. The van der Waals surface area contributed by atoms with Gasteiger partial charge in [0.25, 0.3) is 0 Å². The Morgan fingerprint density at radius 1 is 1.42 bits per heavy atom. The van der Waals surface area contributed by atoms with E-state index in [-0.39, 0.29) is 11.6 Å². The van der Waals surface area contributed by atoms with Crippen molar-refractivity contribution in [2.75, 3.05) is 6.54 Å². The van der Waals surface area contributed by atoms with E-state index >= 15 is 0 Å². The minimum Gasteiger partial charge on any atom is -0.478 e. The summed E-state index contributed by atoms with van der Waals surface area (Å²) in [5, 5.41) is 17.3. The van der Waals surface area contributed by atoms with Crippen LogP contribution in [0.4, 0.5) is 0 Å². The smallest absolute Gasteiger partial charge is 0.338 e. The number of aliphatic hydroxyl groups is 1. The van der Waals surface area contributed by atoms with Gasteiger partial charge in [-0.1, -0.05) is 23.2 Å². The van der Waals surface area contributed by atoms with E-state index in [9.17, 15) is 13.2 Å². The summed E-state index contributed by atoms with van der Waals surface area (Å²) in [5.41, 5.74) is -0.483. The summed E-state index contributed by atoms with van der Waals surface area (Å²) in [6, 6.07) is 2.23. The lowest BCUT2D eigenvalue weighted by molar-refractivity contribution is 0.0697. The zero-order valence-electron chi connectivity index (χ0n) is 9.72. The van der Waals surface area contributed by atoms with Crippen LogP contribution in [0.3, 0.4) is 0 Å². The van der Waals surface area contributed by atoms with E-state index in [1.165, 1.54) is 6.92 Å². The average molecular weight is 328 g/mol. The fraction of sp³-hybridized carbons (Fsp3) is 0.300. The van der Waals surface area contributed by atoms with Gasteiger partial charge in [0, 0.05) is 6.54 Å². The number of sulfonamides is 1. The molecule has 19 heavy (non-hydrogen) atoms. The zero-order valence-corrected chi connectivity index (χ0v) is 12.1. The lowest BCUT2D eigenvalue weighted by Gasteiger charge is -2.11. The summed E-state index contributed by atoms with van der Waals surface area (Å²) in [6.07, 6.45) is -0.889. The third-order valence-electron chi connectivity index (χ3n) is 2.13. The molecule has 106 valence electrons. The van der Waals surface area contributed by atoms with Crippen LogP contribution in [0.25, 0.3) is 0 Å². The molecule has 0 aromatic heterocycles. The van der Waals surface area contributed by atoms with Gasteiger partial charge in [-0.05, 0) is 19.1 Å². The number of carbonyl (C=O) groups is 1. The number of hydrogen-bond donors (Lipinski definition) is 3. The fourth-order valence-electron chi connectivity index (χ4n) is 1.25. The van der Waals surface area contributed by atoms with Gasteiger partial charge < -0.3 is 10.2 Å². The molecule has 0 radical (unpaired) electrons. The zero-order chi connectivity index (χ0) is 14.8. The number of hydrogen-bond acceptors (Lipinski definition) is 4. The van der Waals surface area contributed by atoms with Crippen molar-refractivity contribution < 1.29 is 23.4 Å². The quantitative estimate of drug-likeness (QED) is 0.757. The first-order valence-electron chi connectivity index (χ1n) is 5.06. The molecular formula is C10H11Cl2NO5S. The standard InChI is InChI=1S/C10H11Cl2NO5S/c1-5(14)4-13-19(17,18)7-3-2-6(11)8(9(7)12)10(15)16/h2-3,5,13-14H,4H2,1H3,(H,15,16)/t5-/m1/s1. The molecule has 0 spiro atoms. The molecule has 0 fully saturated rings. The number of halogens is 2. The van der Waals surface area contributed by atoms with E-state index in [0.29, 0.717) is 0 Å². The number of carboxylic acid groups (broad SMARTS) is 1. The van der Waals surface area contributed by atoms with Gasteiger partial charge in [-0.15, -0.1) is 0 Å². The van der Waals surface area contributed by atoms with Crippen LogP contribution in [0.15, 0.2) is 17.0 Å². The summed E-state index contributed by atoms with van der Waals surface area (Å²) < 4.78 is 25.9. The van der Waals surface area contributed by atoms with E-state index in [1.54, 1.807) is 0 Å². The Labute approximate surface area is 120 Å². The number of rotatable bonds is 5. The maximum atomic E-state index is 11.9. The van der Waals surface area contributed by atoms with Crippen molar-refractivity contribution in [3.8, 4) is 0 Å². The number of aliphatic hydroxyl groups excluding tert-OH is 1. The van der Waals surface area contributed by atoms with Crippen LogP contribution in [0.5, 0.6) is 0 Å². The predicted octanol–water partition coefficient (Wildman–Crippen LogP) is 1.35. The van der Waals surface area contributed by atoms with Gasteiger partial charge in [0.15, 0.2) is 0 Å². The SMILES string of the molecule is C[C@@H](O)CNS(=O)(=O)c1ccc(Cl)c(C(=O)O)c1Cl. The molecule has 0 saturated heterocycles.